The van der Waals surface area contributed by atoms with Crippen LogP contribution in [0.5, 0.6) is 0 Å². The van der Waals surface area contributed by atoms with Gasteiger partial charge in [-0.05, 0) is 34.0 Å². The van der Waals surface area contributed by atoms with Crippen molar-refractivity contribution >= 4 is 11.5 Å². The summed E-state index contributed by atoms with van der Waals surface area (Å²) in [7, 11) is 3.91. The molecule has 0 radical (unpaired) electrons. The molecule has 0 aromatic carbocycles. The molecule has 6 heteroatoms. The fourth-order valence-corrected chi connectivity index (χ4v) is 1.71. The molecule has 17 heavy (non-hydrogen) atoms. The van der Waals surface area contributed by atoms with Crippen LogP contribution in [0.25, 0.3) is 0 Å². The molecule has 94 valence electrons. The van der Waals surface area contributed by atoms with Crippen molar-refractivity contribution in [2.75, 3.05) is 26.0 Å². The highest BCUT2D eigenvalue weighted by Gasteiger charge is 2.19. The molecule has 1 atom stereocenters. The summed E-state index contributed by atoms with van der Waals surface area (Å²) in [6.45, 7) is 4.46. The molecule has 6 nitrogen and oxygen atoms in total. The normalized spacial score (nSPS) is 12.5. The first-order valence-corrected chi connectivity index (χ1v) is 5.43. The Labute approximate surface area is 101 Å². The van der Waals surface area contributed by atoms with Crippen molar-refractivity contribution in [1.29, 1.82) is 0 Å². The number of nitrogens with zero attached hydrogens (tertiary/aromatic N) is 3. The summed E-state index contributed by atoms with van der Waals surface area (Å²) in [6.07, 6.45) is 1.58. The number of nitro groups is 1. The number of pyridine rings is 1. The third-order valence-corrected chi connectivity index (χ3v) is 2.33. The van der Waals surface area contributed by atoms with Gasteiger partial charge in [-0.15, -0.1) is 0 Å². The SMILES string of the molecule is Cc1ccnc(NC(C)CN(C)C)c1[N+](=O)[O-]. The van der Waals surface area contributed by atoms with Crippen molar-refractivity contribution < 1.29 is 4.92 Å². The topological polar surface area (TPSA) is 71.3 Å². The van der Waals surface area contributed by atoms with Crippen LogP contribution >= 0.6 is 0 Å². The minimum Gasteiger partial charge on any atom is -0.361 e. The fraction of sp³-hybridized carbons (Fsp3) is 0.545. The van der Waals surface area contributed by atoms with E-state index in [9.17, 15) is 10.1 Å². The molecule has 0 aliphatic carbocycles. The van der Waals surface area contributed by atoms with Gasteiger partial charge in [0.15, 0.2) is 0 Å². The van der Waals surface area contributed by atoms with E-state index in [1.165, 1.54) is 0 Å². The Morgan fingerprint density at radius 2 is 2.24 bits per heavy atom. The van der Waals surface area contributed by atoms with Gasteiger partial charge in [-0.2, -0.15) is 0 Å². The molecule has 1 aromatic heterocycles. The summed E-state index contributed by atoms with van der Waals surface area (Å²) in [5.74, 6) is 0.337. The molecule has 0 spiro atoms. The van der Waals surface area contributed by atoms with Gasteiger partial charge in [0.25, 0.3) is 0 Å². The fourth-order valence-electron chi connectivity index (χ4n) is 1.71. The maximum Gasteiger partial charge on any atom is 0.314 e. The average Bonchev–Trinajstić information content (AvgIpc) is 2.15. The van der Waals surface area contributed by atoms with Gasteiger partial charge in [0.05, 0.1) is 4.92 Å². The van der Waals surface area contributed by atoms with Gasteiger partial charge in [-0.1, -0.05) is 0 Å². The maximum absolute atomic E-state index is 11.0. The number of rotatable bonds is 5. The number of likely N-dealkylation sites (N-methyl/N-ethyl adjacent to an activating group) is 1. The van der Waals surface area contributed by atoms with Gasteiger partial charge < -0.3 is 10.2 Å². The molecule has 1 N–H and O–H groups in total. The second-order valence-electron chi connectivity index (χ2n) is 4.39. The van der Waals surface area contributed by atoms with E-state index in [1.54, 1.807) is 19.2 Å². The van der Waals surface area contributed by atoms with Gasteiger partial charge in [0, 0.05) is 24.3 Å². The minimum absolute atomic E-state index is 0.0538. The van der Waals surface area contributed by atoms with Gasteiger partial charge in [-0.25, -0.2) is 4.98 Å². The molecular formula is C11H18N4O2. The molecule has 0 fully saturated rings. The van der Waals surface area contributed by atoms with E-state index >= 15 is 0 Å². The summed E-state index contributed by atoms with van der Waals surface area (Å²) < 4.78 is 0. The van der Waals surface area contributed by atoms with Crippen molar-refractivity contribution in [3.05, 3.63) is 27.9 Å². The third-order valence-electron chi connectivity index (χ3n) is 2.33. The van der Waals surface area contributed by atoms with E-state index in [1.807, 2.05) is 25.9 Å². The molecule has 0 saturated carbocycles. The van der Waals surface area contributed by atoms with Crippen molar-refractivity contribution in [2.24, 2.45) is 0 Å². The molecular weight excluding hydrogens is 220 g/mol. The maximum atomic E-state index is 11.0. The predicted molar refractivity (Wildman–Crippen MR) is 67.3 cm³/mol. The Kier molecular flexibility index (Phi) is 4.39. The molecule has 0 bridgehead atoms. The zero-order valence-corrected chi connectivity index (χ0v) is 10.6. The van der Waals surface area contributed by atoms with Crippen LogP contribution in [0.15, 0.2) is 12.3 Å². The number of hydrogen-bond acceptors (Lipinski definition) is 5. The Bertz CT molecular complexity index is 406. The van der Waals surface area contributed by atoms with Crippen LogP contribution in [-0.4, -0.2) is 41.5 Å². The summed E-state index contributed by atoms with van der Waals surface area (Å²) in [6, 6.07) is 1.73. The van der Waals surface area contributed by atoms with Gasteiger partial charge in [0.1, 0.15) is 0 Å². The first-order chi connectivity index (χ1) is 7.91. The molecule has 0 aliphatic rings. The largest absolute Gasteiger partial charge is 0.361 e. The zero-order valence-electron chi connectivity index (χ0n) is 10.6. The number of nitrogens with one attached hydrogen (secondary N) is 1. The predicted octanol–water partition coefficient (Wildman–Crippen LogP) is 1.66. The minimum atomic E-state index is -0.396. The lowest BCUT2D eigenvalue weighted by atomic mass is 10.2. The number of aromatic nitrogens is 1. The van der Waals surface area contributed by atoms with Crippen LogP contribution in [0.2, 0.25) is 0 Å². The highest BCUT2D eigenvalue weighted by Crippen LogP contribution is 2.25. The Morgan fingerprint density at radius 1 is 1.59 bits per heavy atom. The summed E-state index contributed by atoms with van der Waals surface area (Å²) in [4.78, 5) is 16.6. The number of aryl methyl sites for hydroxylation is 1. The lowest BCUT2D eigenvalue weighted by molar-refractivity contribution is -0.384. The van der Waals surface area contributed by atoms with E-state index in [4.69, 9.17) is 0 Å². The Balaban J connectivity index is 2.91. The van der Waals surface area contributed by atoms with Crippen LogP contribution < -0.4 is 5.32 Å². The van der Waals surface area contributed by atoms with E-state index < -0.39 is 4.92 Å². The van der Waals surface area contributed by atoms with Crippen LogP contribution in [0.4, 0.5) is 11.5 Å². The highest BCUT2D eigenvalue weighted by molar-refractivity contribution is 5.60. The monoisotopic (exact) mass is 238 g/mol. The van der Waals surface area contributed by atoms with Crippen LogP contribution in [-0.2, 0) is 0 Å². The van der Waals surface area contributed by atoms with E-state index in [-0.39, 0.29) is 11.7 Å². The molecule has 1 heterocycles. The average molecular weight is 238 g/mol. The van der Waals surface area contributed by atoms with Crippen molar-refractivity contribution in [1.82, 2.24) is 9.88 Å². The lowest BCUT2D eigenvalue weighted by Gasteiger charge is -2.18. The molecule has 0 amide bonds. The van der Waals surface area contributed by atoms with Crippen LogP contribution in [0.3, 0.4) is 0 Å². The Hall–Kier alpha value is -1.69. The second kappa shape index (κ2) is 5.58. The quantitative estimate of drug-likeness (QED) is 0.624. The third kappa shape index (κ3) is 3.67. The summed E-state index contributed by atoms with van der Waals surface area (Å²) in [5.41, 5.74) is 0.669. The van der Waals surface area contributed by atoms with Crippen LogP contribution in [0.1, 0.15) is 12.5 Å². The van der Waals surface area contributed by atoms with Crippen molar-refractivity contribution in [3.8, 4) is 0 Å². The van der Waals surface area contributed by atoms with Gasteiger partial charge in [0.2, 0.25) is 5.82 Å². The van der Waals surface area contributed by atoms with Gasteiger partial charge in [-0.3, -0.25) is 10.1 Å². The highest BCUT2D eigenvalue weighted by atomic mass is 16.6. The summed E-state index contributed by atoms with van der Waals surface area (Å²) >= 11 is 0. The van der Waals surface area contributed by atoms with Crippen molar-refractivity contribution in [2.45, 2.75) is 19.9 Å². The molecule has 1 unspecified atom stereocenters. The van der Waals surface area contributed by atoms with Crippen molar-refractivity contribution in [3.63, 3.8) is 0 Å². The molecule has 1 aromatic rings. The molecule has 0 aliphatic heterocycles. The lowest BCUT2D eigenvalue weighted by Crippen LogP contribution is -2.30. The standard InChI is InChI=1S/C11H18N4O2/c1-8-5-6-12-11(10(8)15(16)17)13-9(2)7-14(3)4/h5-6,9H,7H2,1-4H3,(H,12,13). The molecule has 1 rings (SSSR count). The van der Waals surface area contributed by atoms with E-state index in [2.05, 4.69) is 10.3 Å². The smallest absolute Gasteiger partial charge is 0.314 e. The second-order valence-corrected chi connectivity index (χ2v) is 4.39. The van der Waals surface area contributed by atoms with Gasteiger partial charge >= 0.3 is 5.69 Å². The van der Waals surface area contributed by atoms with E-state index in [0.717, 1.165) is 6.54 Å². The molecule has 0 saturated heterocycles. The van der Waals surface area contributed by atoms with Crippen LogP contribution in [0, 0.1) is 17.0 Å². The number of hydrogen-bond donors (Lipinski definition) is 1. The first kappa shape index (κ1) is 13.4. The first-order valence-electron chi connectivity index (χ1n) is 5.43. The summed E-state index contributed by atoms with van der Waals surface area (Å²) in [5, 5.41) is 14.0. The Morgan fingerprint density at radius 3 is 2.76 bits per heavy atom. The zero-order chi connectivity index (χ0) is 13.0. The number of anilines is 1. The van der Waals surface area contributed by atoms with E-state index in [0.29, 0.717) is 11.4 Å².